The van der Waals surface area contributed by atoms with Crippen molar-refractivity contribution in [1.82, 2.24) is 9.55 Å². The van der Waals surface area contributed by atoms with Crippen molar-refractivity contribution in [2.45, 2.75) is 13.0 Å². The lowest BCUT2D eigenvalue weighted by Gasteiger charge is -2.10. The number of aryl methyl sites for hydroxylation is 1. The van der Waals surface area contributed by atoms with Gasteiger partial charge in [0, 0.05) is 23.9 Å². The fraction of sp³-hybridized carbons (Fsp3) is 0.136. The van der Waals surface area contributed by atoms with Gasteiger partial charge in [-0.05, 0) is 29.8 Å². The molecule has 0 saturated heterocycles. The first-order valence-electron chi connectivity index (χ1n) is 9.22. The van der Waals surface area contributed by atoms with Crippen LogP contribution in [0, 0.1) is 5.82 Å². The first-order valence-corrected chi connectivity index (χ1v) is 10.1. The summed E-state index contributed by atoms with van der Waals surface area (Å²) in [6.45, 7) is 0.182. The molecule has 6 nitrogen and oxygen atoms in total. The minimum Gasteiger partial charge on any atom is -0.495 e. The molecule has 0 spiro atoms. The highest BCUT2D eigenvalue weighted by molar-refractivity contribution is 7.17. The Morgan fingerprint density at radius 3 is 2.73 bits per heavy atom. The summed E-state index contributed by atoms with van der Waals surface area (Å²) in [6.07, 6.45) is 1.55. The molecule has 0 aliphatic carbocycles. The van der Waals surface area contributed by atoms with Gasteiger partial charge in [0.2, 0.25) is 5.91 Å². The van der Waals surface area contributed by atoms with Crippen LogP contribution in [-0.2, 0) is 11.3 Å². The number of rotatable bonds is 6. The van der Waals surface area contributed by atoms with Crippen molar-refractivity contribution in [3.05, 3.63) is 76.4 Å². The summed E-state index contributed by atoms with van der Waals surface area (Å²) in [6, 6.07) is 13.1. The molecule has 4 aromatic rings. The SMILES string of the molecule is COc1ccccc1NC(=O)CCn1cnc2scc(-c3ccc(F)cc3)c2c1=O. The Bertz CT molecular complexity index is 1260. The van der Waals surface area contributed by atoms with Crippen LogP contribution >= 0.6 is 11.3 Å². The number of benzene rings is 2. The summed E-state index contributed by atoms with van der Waals surface area (Å²) >= 11 is 1.35. The molecule has 4 rings (SSSR count). The van der Waals surface area contributed by atoms with E-state index in [0.29, 0.717) is 27.2 Å². The predicted octanol–water partition coefficient (Wildman–Crippen LogP) is 4.30. The molecule has 0 aliphatic rings. The fourth-order valence-corrected chi connectivity index (χ4v) is 4.06. The zero-order chi connectivity index (χ0) is 21.1. The molecule has 152 valence electrons. The third kappa shape index (κ3) is 3.95. The molecule has 1 N–H and O–H groups in total. The Morgan fingerprint density at radius 1 is 1.20 bits per heavy atom. The highest BCUT2D eigenvalue weighted by Gasteiger charge is 2.14. The van der Waals surface area contributed by atoms with E-state index in [1.807, 2.05) is 11.4 Å². The predicted molar refractivity (Wildman–Crippen MR) is 116 cm³/mol. The average molecular weight is 423 g/mol. The molecule has 2 aromatic carbocycles. The van der Waals surface area contributed by atoms with E-state index < -0.39 is 0 Å². The minimum absolute atomic E-state index is 0.0984. The topological polar surface area (TPSA) is 73.2 Å². The number of hydrogen-bond donors (Lipinski definition) is 1. The van der Waals surface area contributed by atoms with Gasteiger partial charge in [0.1, 0.15) is 16.4 Å². The largest absolute Gasteiger partial charge is 0.495 e. The van der Waals surface area contributed by atoms with Gasteiger partial charge in [-0.25, -0.2) is 9.37 Å². The van der Waals surface area contributed by atoms with Crippen LogP contribution < -0.4 is 15.6 Å². The molecule has 30 heavy (non-hydrogen) atoms. The van der Waals surface area contributed by atoms with Crippen LogP contribution in [0.25, 0.3) is 21.3 Å². The number of thiophene rings is 1. The molecule has 0 radical (unpaired) electrons. The maximum atomic E-state index is 13.2. The first-order chi connectivity index (χ1) is 14.6. The molecule has 0 atom stereocenters. The Morgan fingerprint density at radius 2 is 1.97 bits per heavy atom. The number of para-hydroxylation sites is 2. The maximum Gasteiger partial charge on any atom is 0.262 e. The number of nitrogens with zero attached hydrogens (tertiary/aromatic N) is 2. The van der Waals surface area contributed by atoms with Crippen LogP contribution in [0.2, 0.25) is 0 Å². The number of carbonyl (C=O) groups excluding carboxylic acids is 1. The summed E-state index contributed by atoms with van der Waals surface area (Å²) in [5.41, 5.74) is 1.79. The summed E-state index contributed by atoms with van der Waals surface area (Å²) in [4.78, 5) is 30.3. The standard InChI is InChI=1S/C22H18FN3O3S/c1-29-18-5-3-2-4-17(18)25-19(27)10-11-26-13-24-21-20(22(26)28)16(12-30-21)14-6-8-15(23)9-7-14/h2-9,12-13H,10-11H2,1H3,(H,25,27). The van der Waals surface area contributed by atoms with E-state index in [2.05, 4.69) is 10.3 Å². The Hall–Kier alpha value is -3.52. The zero-order valence-corrected chi connectivity index (χ0v) is 16.9. The molecule has 0 bridgehead atoms. The maximum absolute atomic E-state index is 13.2. The van der Waals surface area contributed by atoms with Crippen molar-refractivity contribution in [2.24, 2.45) is 0 Å². The van der Waals surface area contributed by atoms with E-state index in [0.717, 1.165) is 5.56 Å². The van der Waals surface area contributed by atoms with Gasteiger partial charge in [-0.1, -0.05) is 24.3 Å². The van der Waals surface area contributed by atoms with E-state index >= 15 is 0 Å². The lowest BCUT2D eigenvalue weighted by atomic mass is 10.1. The van der Waals surface area contributed by atoms with Gasteiger partial charge >= 0.3 is 0 Å². The summed E-state index contributed by atoms with van der Waals surface area (Å²) in [5, 5.41) is 5.10. The average Bonchev–Trinajstić information content (AvgIpc) is 3.19. The number of aromatic nitrogens is 2. The van der Waals surface area contributed by atoms with E-state index in [9.17, 15) is 14.0 Å². The van der Waals surface area contributed by atoms with Crippen molar-refractivity contribution < 1.29 is 13.9 Å². The number of nitrogens with one attached hydrogen (secondary N) is 1. The van der Waals surface area contributed by atoms with Crippen molar-refractivity contribution in [2.75, 3.05) is 12.4 Å². The molecule has 2 aromatic heterocycles. The lowest BCUT2D eigenvalue weighted by molar-refractivity contribution is -0.116. The van der Waals surface area contributed by atoms with Gasteiger partial charge in [-0.2, -0.15) is 0 Å². The van der Waals surface area contributed by atoms with Crippen LogP contribution in [-0.4, -0.2) is 22.6 Å². The van der Waals surface area contributed by atoms with Crippen LogP contribution in [0.15, 0.2) is 65.0 Å². The van der Waals surface area contributed by atoms with Gasteiger partial charge < -0.3 is 10.1 Å². The minimum atomic E-state index is -0.338. The lowest BCUT2D eigenvalue weighted by Crippen LogP contribution is -2.23. The Labute approximate surface area is 175 Å². The van der Waals surface area contributed by atoms with Crippen LogP contribution in [0.1, 0.15) is 6.42 Å². The van der Waals surface area contributed by atoms with Crippen molar-refractivity contribution in [1.29, 1.82) is 0 Å². The van der Waals surface area contributed by atoms with Gasteiger partial charge in [-0.3, -0.25) is 14.2 Å². The van der Waals surface area contributed by atoms with Crippen molar-refractivity contribution in [3.63, 3.8) is 0 Å². The monoisotopic (exact) mass is 423 g/mol. The molecule has 1 amide bonds. The third-order valence-corrected chi connectivity index (χ3v) is 5.56. The second-order valence-electron chi connectivity index (χ2n) is 6.58. The van der Waals surface area contributed by atoms with E-state index in [4.69, 9.17) is 4.74 Å². The number of anilines is 1. The summed E-state index contributed by atoms with van der Waals surface area (Å²) < 4.78 is 19.9. The highest BCUT2D eigenvalue weighted by Crippen LogP contribution is 2.30. The highest BCUT2D eigenvalue weighted by atomic mass is 32.1. The molecular weight excluding hydrogens is 405 g/mol. The smallest absolute Gasteiger partial charge is 0.262 e. The van der Waals surface area contributed by atoms with E-state index in [1.54, 1.807) is 30.3 Å². The number of amides is 1. The quantitative estimate of drug-likeness (QED) is 0.502. The van der Waals surface area contributed by atoms with Crippen molar-refractivity contribution >= 4 is 33.1 Å². The third-order valence-electron chi connectivity index (χ3n) is 4.68. The number of methoxy groups -OCH3 is 1. The number of ether oxygens (including phenoxy) is 1. The molecule has 0 saturated carbocycles. The van der Waals surface area contributed by atoms with Crippen LogP contribution in [0.4, 0.5) is 10.1 Å². The van der Waals surface area contributed by atoms with E-state index in [-0.39, 0.29) is 30.2 Å². The zero-order valence-electron chi connectivity index (χ0n) is 16.1. The summed E-state index contributed by atoms with van der Waals surface area (Å²) in [7, 11) is 1.53. The fourth-order valence-electron chi connectivity index (χ4n) is 3.15. The first kappa shape index (κ1) is 19.8. The molecular formula is C22H18FN3O3S. The van der Waals surface area contributed by atoms with Gasteiger partial charge in [0.05, 0.1) is 24.5 Å². The summed E-state index contributed by atoms with van der Waals surface area (Å²) in [5.74, 6) is -0.0150. The number of carbonyl (C=O) groups is 1. The van der Waals surface area contributed by atoms with Crippen LogP contribution in [0.5, 0.6) is 5.75 Å². The molecule has 0 fully saturated rings. The normalized spacial score (nSPS) is 10.9. The Balaban J connectivity index is 1.55. The number of fused-ring (bicyclic) bond motifs is 1. The molecule has 8 heteroatoms. The molecule has 2 heterocycles. The number of hydrogen-bond acceptors (Lipinski definition) is 5. The van der Waals surface area contributed by atoms with Crippen molar-refractivity contribution in [3.8, 4) is 16.9 Å². The molecule has 0 unspecified atom stereocenters. The van der Waals surface area contributed by atoms with Crippen LogP contribution in [0.3, 0.4) is 0 Å². The van der Waals surface area contributed by atoms with Gasteiger partial charge in [0.15, 0.2) is 0 Å². The molecule has 0 aliphatic heterocycles. The Kier molecular flexibility index (Phi) is 5.58. The van der Waals surface area contributed by atoms with E-state index in [1.165, 1.54) is 41.5 Å². The van der Waals surface area contributed by atoms with Gasteiger partial charge in [0.25, 0.3) is 5.56 Å². The second-order valence-corrected chi connectivity index (χ2v) is 7.44. The second kappa shape index (κ2) is 8.46. The number of halogens is 1. The van der Waals surface area contributed by atoms with Gasteiger partial charge in [-0.15, -0.1) is 11.3 Å².